The van der Waals surface area contributed by atoms with Gasteiger partial charge in [0.05, 0.1) is 10.4 Å². The van der Waals surface area contributed by atoms with Crippen LogP contribution in [0.3, 0.4) is 0 Å². The molecule has 1 aliphatic heterocycles. The Labute approximate surface area is 156 Å². The van der Waals surface area contributed by atoms with Gasteiger partial charge in [-0.2, -0.15) is 0 Å². The van der Waals surface area contributed by atoms with Crippen LogP contribution in [0.5, 0.6) is 0 Å². The third-order valence-electron chi connectivity index (χ3n) is 4.77. The second-order valence-electron chi connectivity index (χ2n) is 6.65. The Kier molecular flexibility index (Phi) is 4.53. The highest BCUT2D eigenvalue weighted by atomic mass is 16.6. The molecule has 8 heteroatoms. The van der Waals surface area contributed by atoms with Crippen molar-refractivity contribution in [1.82, 2.24) is 15.0 Å². The van der Waals surface area contributed by atoms with Crippen LogP contribution in [0.2, 0.25) is 0 Å². The number of aryl methyl sites for hydroxylation is 1. The van der Waals surface area contributed by atoms with Crippen molar-refractivity contribution in [2.24, 2.45) is 0 Å². The van der Waals surface area contributed by atoms with Crippen molar-refractivity contribution in [1.29, 1.82) is 0 Å². The van der Waals surface area contributed by atoms with Crippen LogP contribution in [-0.2, 0) is 0 Å². The fraction of sp³-hybridized carbons (Fsp3) is 0.316. The number of piperidine rings is 1. The number of rotatable bonds is 4. The van der Waals surface area contributed by atoms with Gasteiger partial charge in [0.2, 0.25) is 11.6 Å². The molecule has 0 radical (unpaired) electrons. The van der Waals surface area contributed by atoms with Gasteiger partial charge >= 0.3 is 5.69 Å². The summed E-state index contributed by atoms with van der Waals surface area (Å²) in [5.41, 5.74) is 2.39. The van der Waals surface area contributed by atoms with E-state index in [1.165, 1.54) is 6.33 Å². The Balaban J connectivity index is 1.77. The SMILES string of the molecule is Cc1ccc2c(Nc3ncnc(N4CCCCC4)c3[N+](=O)[O-])cccc2n1. The van der Waals surface area contributed by atoms with Crippen molar-refractivity contribution in [3.05, 3.63) is 52.5 Å². The van der Waals surface area contributed by atoms with Crippen molar-refractivity contribution in [3.63, 3.8) is 0 Å². The first-order chi connectivity index (χ1) is 13.1. The van der Waals surface area contributed by atoms with E-state index >= 15 is 0 Å². The molecule has 0 unspecified atom stereocenters. The number of nitrogens with zero attached hydrogens (tertiary/aromatic N) is 5. The quantitative estimate of drug-likeness (QED) is 0.552. The standard InChI is InChI=1S/C19H20N6O2/c1-13-8-9-14-15(22-13)6-5-7-16(14)23-18-17(25(26)27)19(21-12-20-18)24-10-3-2-4-11-24/h5-9,12H,2-4,10-11H2,1H3,(H,20,21,23). The molecule has 8 nitrogen and oxygen atoms in total. The second kappa shape index (κ2) is 7.14. The molecule has 1 aromatic carbocycles. The summed E-state index contributed by atoms with van der Waals surface area (Å²) in [6, 6.07) is 9.53. The molecule has 0 saturated carbocycles. The van der Waals surface area contributed by atoms with Crippen LogP contribution in [0.15, 0.2) is 36.7 Å². The summed E-state index contributed by atoms with van der Waals surface area (Å²) >= 11 is 0. The molecule has 0 aliphatic carbocycles. The summed E-state index contributed by atoms with van der Waals surface area (Å²) in [6.45, 7) is 3.48. The number of hydrogen-bond donors (Lipinski definition) is 1. The molecule has 3 aromatic rings. The fourth-order valence-electron chi connectivity index (χ4n) is 3.46. The Morgan fingerprint density at radius 3 is 2.70 bits per heavy atom. The smallest absolute Gasteiger partial charge is 0.351 e. The largest absolute Gasteiger partial charge is 0.353 e. The number of fused-ring (bicyclic) bond motifs is 1. The van der Waals surface area contributed by atoms with E-state index < -0.39 is 4.92 Å². The number of nitro groups is 1. The van der Waals surface area contributed by atoms with Crippen molar-refractivity contribution >= 4 is 33.9 Å². The molecule has 3 heterocycles. The van der Waals surface area contributed by atoms with Gasteiger partial charge in [0, 0.05) is 29.9 Å². The van der Waals surface area contributed by atoms with E-state index in [4.69, 9.17) is 0 Å². The Hall–Kier alpha value is -3.29. The van der Waals surface area contributed by atoms with Crippen LogP contribution in [0.1, 0.15) is 25.0 Å². The molecule has 1 N–H and O–H groups in total. The molecule has 0 amide bonds. The van der Waals surface area contributed by atoms with Gasteiger partial charge in [0.25, 0.3) is 0 Å². The predicted molar refractivity (Wildman–Crippen MR) is 105 cm³/mol. The molecule has 2 aromatic heterocycles. The van der Waals surface area contributed by atoms with Crippen molar-refractivity contribution < 1.29 is 4.92 Å². The highest BCUT2D eigenvalue weighted by Gasteiger charge is 2.28. The topological polar surface area (TPSA) is 97.1 Å². The predicted octanol–water partition coefficient (Wildman–Crippen LogP) is 3.98. The summed E-state index contributed by atoms with van der Waals surface area (Å²) in [7, 11) is 0. The van der Waals surface area contributed by atoms with Crippen LogP contribution in [-0.4, -0.2) is 33.0 Å². The average molecular weight is 364 g/mol. The maximum atomic E-state index is 11.8. The van der Waals surface area contributed by atoms with Gasteiger partial charge in [0.1, 0.15) is 6.33 Å². The third-order valence-corrected chi connectivity index (χ3v) is 4.77. The maximum Gasteiger partial charge on any atom is 0.353 e. The summed E-state index contributed by atoms with van der Waals surface area (Å²) in [5.74, 6) is 0.579. The minimum atomic E-state index is -0.403. The molecule has 0 bridgehead atoms. The van der Waals surface area contributed by atoms with E-state index in [0.29, 0.717) is 5.82 Å². The Morgan fingerprint density at radius 1 is 1.11 bits per heavy atom. The Bertz CT molecular complexity index is 1000. The summed E-state index contributed by atoms with van der Waals surface area (Å²) in [4.78, 5) is 26.3. The van der Waals surface area contributed by atoms with Gasteiger partial charge in [-0.1, -0.05) is 6.07 Å². The summed E-state index contributed by atoms with van der Waals surface area (Å²) in [6.07, 6.45) is 4.55. The summed E-state index contributed by atoms with van der Waals surface area (Å²) in [5, 5.41) is 15.9. The van der Waals surface area contributed by atoms with Gasteiger partial charge in [-0.3, -0.25) is 15.1 Å². The second-order valence-corrected chi connectivity index (χ2v) is 6.65. The highest BCUT2D eigenvalue weighted by Crippen LogP contribution is 2.36. The van der Waals surface area contributed by atoms with E-state index in [0.717, 1.165) is 54.6 Å². The zero-order valence-corrected chi connectivity index (χ0v) is 15.1. The molecule has 1 aliphatic rings. The molecular weight excluding hydrogens is 344 g/mol. The number of aromatic nitrogens is 3. The van der Waals surface area contributed by atoms with Crippen LogP contribution in [0, 0.1) is 17.0 Å². The van der Waals surface area contributed by atoms with Crippen molar-refractivity contribution in [2.75, 3.05) is 23.3 Å². The van der Waals surface area contributed by atoms with Gasteiger partial charge in [-0.25, -0.2) is 9.97 Å². The van der Waals surface area contributed by atoms with E-state index in [1.54, 1.807) is 0 Å². The van der Waals surface area contributed by atoms with Gasteiger partial charge < -0.3 is 10.2 Å². The molecule has 4 rings (SSSR count). The van der Waals surface area contributed by atoms with E-state index in [9.17, 15) is 10.1 Å². The minimum Gasteiger partial charge on any atom is -0.351 e. The number of nitrogens with one attached hydrogen (secondary N) is 1. The van der Waals surface area contributed by atoms with E-state index in [-0.39, 0.29) is 11.5 Å². The number of benzene rings is 1. The highest BCUT2D eigenvalue weighted by molar-refractivity contribution is 5.94. The normalized spacial score (nSPS) is 14.3. The number of pyridine rings is 1. The van der Waals surface area contributed by atoms with Crippen LogP contribution < -0.4 is 10.2 Å². The summed E-state index contributed by atoms with van der Waals surface area (Å²) < 4.78 is 0. The first kappa shape index (κ1) is 17.1. The molecule has 1 fully saturated rings. The number of hydrogen-bond acceptors (Lipinski definition) is 7. The lowest BCUT2D eigenvalue weighted by molar-refractivity contribution is -0.383. The van der Waals surface area contributed by atoms with Gasteiger partial charge in [-0.15, -0.1) is 0 Å². The molecule has 138 valence electrons. The third kappa shape index (κ3) is 3.38. The lowest BCUT2D eigenvalue weighted by atomic mass is 10.1. The van der Waals surface area contributed by atoms with Crippen LogP contribution in [0.25, 0.3) is 10.9 Å². The van der Waals surface area contributed by atoms with Crippen molar-refractivity contribution in [2.45, 2.75) is 26.2 Å². The first-order valence-electron chi connectivity index (χ1n) is 9.01. The van der Waals surface area contributed by atoms with Gasteiger partial charge in [-0.05, 0) is 50.5 Å². The molecule has 1 saturated heterocycles. The Morgan fingerprint density at radius 2 is 1.93 bits per heavy atom. The molecule has 0 atom stereocenters. The monoisotopic (exact) mass is 364 g/mol. The zero-order chi connectivity index (χ0) is 18.8. The van der Waals surface area contributed by atoms with Gasteiger partial charge in [0.15, 0.2) is 0 Å². The minimum absolute atomic E-state index is 0.0866. The molecule has 27 heavy (non-hydrogen) atoms. The average Bonchev–Trinajstić information content (AvgIpc) is 2.68. The van der Waals surface area contributed by atoms with Crippen LogP contribution >= 0.6 is 0 Å². The lowest BCUT2D eigenvalue weighted by Gasteiger charge is -2.27. The van der Waals surface area contributed by atoms with Crippen LogP contribution in [0.4, 0.5) is 23.0 Å². The molecular formula is C19H20N6O2. The van der Waals surface area contributed by atoms with E-state index in [2.05, 4.69) is 20.3 Å². The first-order valence-corrected chi connectivity index (χ1v) is 9.01. The lowest BCUT2D eigenvalue weighted by Crippen LogP contribution is -2.31. The zero-order valence-electron chi connectivity index (χ0n) is 15.1. The van der Waals surface area contributed by atoms with E-state index in [1.807, 2.05) is 42.2 Å². The number of anilines is 3. The van der Waals surface area contributed by atoms with Crippen molar-refractivity contribution in [3.8, 4) is 0 Å². The molecule has 0 spiro atoms. The fourth-order valence-corrected chi connectivity index (χ4v) is 3.46. The maximum absolute atomic E-state index is 11.8.